The average Bonchev–Trinajstić information content (AvgIpc) is 3.05. The summed E-state index contributed by atoms with van der Waals surface area (Å²) in [4.78, 5) is 26.1. The third-order valence-corrected chi connectivity index (χ3v) is 4.76. The van der Waals surface area contributed by atoms with Crippen LogP contribution in [0.25, 0.3) is 6.08 Å². The van der Waals surface area contributed by atoms with E-state index in [1.807, 2.05) is 45.0 Å². The molecule has 1 saturated heterocycles. The molecular weight excluding hydrogens is 324 g/mol. The van der Waals surface area contributed by atoms with Crippen LogP contribution in [0.15, 0.2) is 39.7 Å². The van der Waals surface area contributed by atoms with Crippen LogP contribution < -0.4 is 5.32 Å². The van der Waals surface area contributed by atoms with Crippen molar-refractivity contribution in [3.8, 4) is 0 Å². The Labute approximate surface area is 144 Å². The van der Waals surface area contributed by atoms with Gasteiger partial charge in [-0.2, -0.15) is 0 Å². The minimum absolute atomic E-state index is 0.141. The molecule has 24 heavy (non-hydrogen) atoms. The molecular formula is C18H18N2O3S. The SMILES string of the molecule is Cc1ccc(C=C2SC(=O)N(CNc3ccc(C)c(C)c3)C2=O)o1. The number of anilines is 1. The van der Waals surface area contributed by atoms with Crippen molar-refractivity contribution >= 4 is 34.7 Å². The number of rotatable bonds is 4. The number of carbonyl (C=O) groups excluding carboxylic acids is 2. The van der Waals surface area contributed by atoms with Crippen LogP contribution in [0.5, 0.6) is 0 Å². The highest BCUT2D eigenvalue weighted by Crippen LogP contribution is 2.32. The first-order valence-electron chi connectivity index (χ1n) is 7.57. The maximum atomic E-state index is 12.4. The van der Waals surface area contributed by atoms with Crippen LogP contribution >= 0.6 is 11.8 Å². The maximum absolute atomic E-state index is 12.4. The van der Waals surface area contributed by atoms with Gasteiger partial charge in [0, 0.05) is 11.8 Å². The number of nitrogens with zero attached hydrogens (tertiary/aromatic N) is 1. The van der Waals surface area contributed by atoms with Gasteiger partial charge in [0.1, 0.15) is 11.5 Å². The predicted octanol–water partition coefficient (Wildman–Crippen LogP) is 4.31. The molecule has 0 spiro atoms. The number of nitrogens with one attached hydrogen (secondary N) is 1. The molecule has 0 bridgehead atoms. The Kier molecular flexibility index (Phi) is 4.49. The number of imide groups is 1. The lowest BCUT2D eigenvalue weighted by Gasteiger charge is -2.15. The third-order valence-electron chi connectivity index (χ3n) is 3.86. The number of carbonyl (C=O) groups is 2. The molecule has 6 heteroatoms. The highest BCUT2D eigenvalue weighted by molar-refractivity contribution is 8.18. The fourth-order valence-electron chi connectivity index (χ4n) is 2.32. The molecule has 1 fully saturated rings. The number of thioether (sulfide) groups is 1. The molecule has 1 aliphatic rings. The van der Waals surface area contributed by atoms with E-state index in [9.17, 15) is 9.59 Å². The van der Waals surface area contributed by atoms with E-state index in [4.69, 9.17) is 4.42 Å². The summed E-state index contributed by atoms with van der Waals surface area (Å²) in [5, 5.41) is 2.84. The highest BCUT2D eigenvalue weighted by Gasteiger charge is 2.35. The van der Waals surface area contributed by atoms with Gasteiger partial charge in [0.2, 0.25) is 0 Å². The van der Waals surface area contributed by atoms with Crippen LogP contribution in [-0.2, 0) is 4.79 Å². The van der Waals surface area contributed by atoms with Gasteiger partial charge in [-0.25, -0.2) is 0 Å². The summed E-state index contributed by atoms with van der Waals surface area (Å²) in [6.07, 6.45) is 1.61. The van der Waals surface area contributed by atoms with E-state index in [-0.39, 0.29) is 17.8 Å². The smallest absolute Gasteiger partial charge is 0.295 e. The summed E-state index contributed by atoms with van der Waals surface area (Å²) < 4.78 is 5.43. The van der Waals surface area contributed by atoms with Gasteiger partial charge in [0.15, 0.2) is 0 Å². The fraction of sp³-hybridized carbons (Fsp3) is 0.222. The van der Waals surface area contributed by atoms with Crippen molar-refractivity contribution in [3.63, 3.8) is 0 Å². The summed E-state index contributed by atoms with van der Waals surface area (Å²) in [7, 11) is 0. The quantitative estimate of drug-likeness (QED) is 0.839. The van der Waals surface area contributed by atoms with Gasteiger partial charge in [0.05, 0.1) is 11.6 Å². The van der Waals surface area contributed by atoms with E-state index in [2.05, 4.69) is 5.32 Å². The first kappa shape index (κ1) is 16.4. The minimum Gasteiger partial charge on any atom is -0.462 e. The van der Waals surface area contributed by atoms with Crippen molar-refractivity contribution in [3.05, 3.63) is 57.9 Å². The molecule has 0 radical (unpaired) electrons. The summed E-state index contributed by atoms with van der Waals surface area (Å²) in [5.41, 5.74) is 3.23. The third kappa shape index (κ3) is 3.38. The Hall–Kier alpha value is -2.47. The van der Waals surface area contributed by atoms with E-state index in [0.29, 0.717) is 10.7 Å². The molecule has 2 amide bonds. The molecule has 1 N–H and O–H groups in total. The molecule has 2 heterocycles. The zero-order valence-electron chi connectivity index (χ0n) is 13.8. The Morgan fingerprint density at radius 3 is 2.58 bits per heavy atom. The largest absolute Gasteiger partial charge is 0.462 e. The van der Waals surface area contributed by atoms with Crippen LogP contribution in [0.2, 0.25) is 0 Å². The van der Waals surface area contributed by atoms with Gasteiger partial charge in [0.25, 0.3) is 11.1 Å². The molecule has 124 valence electrons. The number of furan rings is 1. The molecule has 3 rings (SSSR count). The lowest BCUT2D eigenvalue weighted by molar-refractivity contribution is -0.122. The van der Waals surface area contributed by atoms with Crippen molar-refractivity contribution in [2.45, 2.75) is 20.8 Å². The van der Waals surface area contributed by atoms with E-state index in [1.54, 1.807) is 12.1 Å². The van der Waals surface area contributed by atoms with Gasteiger partial charge < -0.3 is 9.73 Å². The number of benzene rings is 1. The van der Waals surface area contributed by atoms with Crippen molar-refractivity contribution in [1.82, 2.24) is 4.90 Å². The maximum Gasteiger partial charge on any atom is 0.295 e. The second-order valence-electron chi connectivity index (χ2n) is 5.69. The van der Waals surface area contributed by atoms with Crippen molar-refractivity contribution < 1.29 is 14.0 Å². The van der Waals surface area contributed by atoms with Crippen molar-refractivity contribution in [1.29, 1.82) is 0 Å². The minimum atomic E-state index is -0.310. The summed E-state index contributed by atoms with van der Waals surface area (Å²) in [6, 6.07) is 9.53. The molecule has 0 atom stereocenters. The lowest BCUT2D eigenvalue weighted by atomic mass is 10.1. The normalized spacial score (nSPS) is 16.3. The molecule has 1 aromatic heterocycles. The molecule has 5 nitrogen and oxygen atoms in total. The number of hydrogen-bond acceptors (Lipinski definition) is 5. The number of aryl methyl sites for hydroxylation is 3. The summed E-state index contributed by atoms with van der Waals surface area (Å²) in [5.74, 6) is 1.02. The van der Waals surface area contributed by atoms with Crippen LogP contribution in [0.3, 0.4) is 0 Å². The zero-order valence-corrected chi connectivity index (χ0v) is 14.6. The average molecular weight is 342 g/mol. The van der Waals surface area contributed by atoms with Crippen molar-refractivity contribution in [2.24, 2.45) is 0 Å². The van der Waals surface area contributed by atoms with E-state index >= 15 is 0 Å². The van der Waals surface area contributed by atoms with Gasteiger partial charge in [-0.05, 0) is 67.9 Å². The van der Waals surface area contributed by atoms with Crippen LogP contribution in [-0.4, -0.2) is 22.7 Å². The first-order valence-corrected chi connectivity index (χ1v) is 8.38. The van der Waals surface area contributed by atoms with Gasteiger partial charge in [-0.1, -0.05) is 6.07 Å². The summed E-state index contributed by atoms with van der Waals surface area (Å²) >= 11 is 0.925. The Balaban J connectivity index is 1.70. The van der Waals surface area contributed by atoms with Crippen molar-refractivity contribution in [2.75, 3.05) is 12.0 Å². The molecule has 1 aromatic carbocycles. The molecule has 2 aromatic rings. The predicted molar refractivity (Wildman–Crippen MR) is 95.7 cm³/mol. The number of hydrogen-bond donors (Lipinski definition) is 1. The molecule has 0 aliphatic carbocycles. The van der Waals surface area contributed by atoms with Gasteiger partial charge >= 0.3 is 0 Å². The Bertz CT molecular complexity index is 839. The van der Waals surface area contributed by atoms with Crippen LogP contribution in [0, 0.1) is 20.8 Å². The second kappa shape index (κ2) is 6.57. The summed E-state index contributed by atoms with van der Waals surface area (Å²) in [6.45, 7) is 6.03. The van der Waals surface area contributed by atoms with Crippen LogP contribution in [0.1, 0.15) is 22.6 Å². The lowest BCUT2D eigenvalue weighted by Crippen LogP contribution is -2.33. The van der Waals surface area contributed by atoms with E-state index in [1.165, 1.54) is 10.5 Å². The topological polar surface area (TPSA) is 62.6 Å². The zero-order chi connectivity index (χ0) is 17.3. The Morgan fingerprint density at radius 1 is 1.12 bits per heavy atom. The highest BCUT2D eigenvalue weighted by atomic mass is 32.2. The second-order valence-corrected chi connectivity index (χ2v) is 6.69. The van der Waals surface area contributed by atoms with Gasteiger partial charge in [-0.15, -0.1) is 0 Å². The number of amides is 2. The molecule has 0 saturated carbocycles. The first-order chi connectivity index (χ1) is 11.4. The fourth-order valence-corrected chi connectivity index (χ4v) is 3.14. The molecule has 0 unspecified atom stereocenters. The molecule has 1 aliphatic heterocycles. The standard InChI is InChI=1S/C18H18N2O3S/c1-11-4-6-14(8-12(11)2)19-10-20-17(21)16(24-18(20)22)9-15-7-5-13(3)23-15/h4-9,19H,10H2,1-3H3. The van der Waals surface area contributed by atoms with Crippen LogP contribution in [0.4, 0.5) is 10.5 Å². The van der Waals surface area contributed by atoms with Gasteiger partial charge in [-0.3, -0.25) is 14.5 Å². The monoisotopic (exact) mass is 342 g/mol. The van der Waals surface area contributed by atoms with E-state index in [0.717, 1.165) is 28.8 Å². The Morgan fingerprint density at radius 2 is 1.92 bits per heavy atom. The van der Waals surface area contributed by atoms with E-state index < -0.39 is 0 Å².